The van der Waals surface area contributed by atoms with Crippen molar-refractivity contribution in [1.82, 2.24) is 4.98 Å². The fraction of sp³-hybridized carbons (Fsp3) is 0.136. The first-order chi connectivity index (χ1) is 15.1. The van der Waals surface area contributed by atoms with Gasteiger partial charge in [0.2, 0.25) is 0 Å². The van der Waals surface area contributed by atoms with Crippen molar-refractivity contribution in [2.24, 2.45) is 0 Å². The van der Waals surface area contributed by atoms with E-state index in [-0.39, 0.29) is 6.03 Å². The van der Waals surface area contributed by atoms with E-state index in [4.69, 9.17) is 14.6 Å². The van der Waals surface area contributed by atoms with Crippen LogP contribution in [0.3, 0.4) is 0 Å². The first kappa shape index (κ1) is 20.0. The summed E-state index contributed by atoms with van der Waals surface area (Å²) in [6.45, 7) is 0.346. The van der Waals surface area contributed by atoms with Crippen LogP contribution in [0.2, 0.25) is 0 Å². The molecule has 0 atom stereocenters. The molecule has 2 aromatic carbocycles. The Morgan fingerprint density at radius 1 is 1.03 bits per heavy atom. The Balaban J connectivity index is 1.48. The Morgan fingerprint density at radius 2 is 1.81 bits per heavy atom. The van der Waals surface area contributed by atoms with Crippen molar-refractivity contribution in [3.05, 3.63) is 66.7 Å². The summed E-state index contributed by atoms with van der Waals surface area (Å²) in [5.41, 5.74) is 1.42. The summed E-state index contributed by atoms with van der Waals surface area (Å²) < 4.78 is 10.8. The lowest BCUT2D eigenvalue weighted by atomic mass is 10.3. The van der Waals surface area contributed by atoms with Gasteiger partial charge in [0.05, 0.1) is 6.54 Å². The number of urea groups is 1. The Morgan fingerprint density at radius 3 is 2.55 bits per heavy atom. The number of nitrogens with one attached hydrogen (secondary N) is 2. The van der Waals surface area contributed by atoms with Crippen LogP contribution in [0.1, 0.15) is 0 Å². The number of carbonyl (C=O) groups excluding carboxylic acids is 1. The lowest BCUT2D eigenvalue weighted by Crippen LogP contribution is -2.41. The van der Waals surface area contributed by atoms with Crippen molar-refractivity contribution in [2.75, 3.05) is 35.3 Å². The minimum Gasteiger partial charge on any atom is -0.488 e. The number of amides is 2. The molecule has 3 N–H and O–H groups in total. The number of fused-ring (bicyclic) bond motifs is 1. The van der Waals surface area contributed by atoms with Gasteiger partial charge >= 0.3 is 12.0 Å². The van der Waals surface area contributed by atoms with Gasteiger partial charge in [-0.2, -0.15) is 0 Å². The van der Waals surface area contributed by atoms with Crippen LogP contribution in [0.4, 0.5) is 27.8 Å². The van der Waals surface area contributed by atoms with Crippen LogP contribution in [-0.2, 0) is 4.79 Å². The largest absolute Gasteiger partial charge is 0.488 e. The topological polar surface area (TPSA) is 113 Å². The molecule has 2 heterocycles. The van der Waals surface area contributed by atoms with E-state index in [0.717, 1.165) is 5.69 Å². The van der Waals surface area contributed by atoms with Crippen LogP contribution in [0.5, 0.6) is 11.5 Å². The van der Waals surface area contributed by atoms with E-state index >= 15 is 0 Å². The molecule has 0 unspecified atom stereocenters. The van der Waals surface area contributed by atoms with Crippen molar-refractivity contribution in [1.29, 1.82) is 0 Å². The molecule has 2 amide bonds. The fourth-order valence-electron chi connectivity index (χ4n) is 3.00. The van der Waals surface area contributed by atoms with Crippen LogP contribution >= 0.6 is 0 Å². The summed E-state index contributed by atoms with van der Waals surface area (Å²) >= 11 is 0. The van der Waals surface area contributed by atoms with Gasteiger partial charge in [0.15, 0.2) is 18.2 Å². The first-order valence-electron chi connectivity index (χ1n) is 9.57. The number of benzene rings is 2. The summed E-state index contributed by atoms with van der Waals surface area (Å²) in [4.78, 5) is 29.5. The van der Waals surface area contributed by atoms with Gasteiger partial charge in [0, 0.05) is 11.4 Å². The Bertz CT molecular complexity index is 1070. The molecule has 9 heteroatoms. The van der Waals surface area contributed by atoms with Crippen LogP contribution in [0.15, 0.2) is 66.7 Å². The normalized spacial score (nSPS) is 12.3. The molecule has 0 saturated carbocycles. The second-order valence-electron chi connectivity index (χ2n) is 6.65. The van der Waals surface area contributed by atoms with Gasteiger partial charge in [0.1, 0.15) is 18.2 Å². The maximum absolute atomic E-state index is 12.8. The van der Waals surface area contributed by atoms with E-state index in [1.54, 1.807) is 41.3 Å². The molecule has 0 radical (unpaired) electrons. The van der Waals surface area contributed by atoms with Gasteiger partial charge in [-0.3, -0.25) is 4.90 Å². The predicted molar refractivity (Wildman–Crippen MR) is 115 cm³/mol. The number of para-hydroxylation sites is 1. The van der Waals surface area contributed by atoms with Crippen molar-refractivity contribution < 1.29 is 24.2 Å². The number of ether oxygens (including phenoxy) is 2. The lowest BCUT2D eigenvalue weighted by molar-refractivity contribution is -0.139. The van der Waals surface area contributed by atoms with E-state index in [1.165, 1.54) is 0 Å². The summed E-state index contributed by atoms with van der Waals surface area (Å²) in [6.07, 6.45) is 0. The zero-order chi connectivity index (χ0) is 21.6. The Hall–Kier alpha value is -4.27. The van der Waals surface area contributed by atoms with Crippen molar-refractivity contribution in [3.63, 3.8) is 0 Å². The van der Waals surface area contributed by atoms with Gasteiger partial charge in [-0.05, 0) is 48.5 Å². The molecule has 0 saturated heterocycles. The number of carboxylic acid groups (broad SMARTS) is 1. The molecule has 1 aromatic heterocycles. The molecule has 4 rings (SSSR count). The molecule has 3 aromatic rings. The second kappa shape index (κ2) is 9.04. The Labute approximate surface area is 178 Å². The highest BCUT2D eigenvalue weighted by Crippen LogP contribution is 2.32. The summed E-state index contributed by atoms with van der Waals surface area (Å²) in [7, 11) is 0. The number of hydrogen-bond donors (Lipinski definition) is 3. The zero-order valence-corrected chi connectivity index (χ0v) is 16.4. The van der Waals surface area contributed by atoms with Crippen LogP contribution in [0.25, 0.3) is 0 Å². The van der Waals surface area contributed by atoms with Gasteiger partial charge in [-0.25, -0.2) is 14.6 Å². The third-order valence-corrected chi connectivity index (χ3v) is 4.43. The van der Waals surface area contributed by atoms with E-state index in [2.05, 4.69) is 15.6 Å². The standard InChI is InChI=1S/C22H20N4O5/c27-20(28)14-31-17-8-6-16(7-9-17)23-19-11-10-18-21(25-19)26(12-13-30-18)22(29)24-15-4-2-1-3-5-15/h1-11H,12-14H2,(H,23,25)(H,24,29)(H,27,28). The van der Waals surface area contributed by atoms with Gasteiger partial charge in [-0.1, -0.05) is 18.2 Å². The van der Waals surface area contributed by atoms with E-state index in [1.807, 2.05) is 30.3 Å². The lowest BCUT2D eigenvalue weighted by Gasteiger charge is -2.28. The summed E-state index contributed by atoms with van der Waals surface area (Å²) in [5, 5.41) is 14.7. The number of rotatable bonds is 6. The summed E-state index contributed by atoms with van der Waals surface area (Å²) in [6, 6.07) is 19.2. The molecule has 1 aliphatic rings. The number of aliphatic carboxylic acids is 1. The first-order valence-corrected chi connectivity index (χ1v) is 9.57. The highest BCUT2D eigenvalue weighted by molar-refractivity contribution is 6.02. The zero-order valence-electron chi connectivity index (χ0n) is 16.4. The van der Waals surface area contributed by atoms with E-state index in [9.17, 15) is 9.59 Å². The van der Waals surface area contributed by atoms with Gasteiger partial charge in [-0.15, -0.1) is 0 Å². The summed E-state index contributed by atoms with van der Waals surface area (Å²) in [5.74, 6) is 0.886. The highest BCUT2D eigenvalue weighted by Gasteiger charge is 2.25. The monoisotopic (exact) mass is 420 g/mol. The van der Waals surface area contributed by atoms with Crippen molar-refractivity contribution in [2.45, 2.75) is 0 Å². The smallest absolute Gasteiger partial charge is 0.341 e. The molecule has 9 nitrogen and oxygen atoms in total. The minimum atomic E-state index is -1.04. The maximum atomic E-state index is 12.8. The molecular formula is C22H20N4O5. The average Bonchev–Trinajstić information content (AvgIpc) is 2.79. The van der Waals surface area contributed by atoms with Crippen molar-refractivity contribution in [3.8, 4) is 11.5 Å². The van der Waals surface area contributed by atoms with Crippen LogP contribution in [0, 0.1) is 0 Å². The van der Waals surface area contributed by atoms with Crippen LogP contribution in [-0.4, -0.2) is 41.8 Å². The average molecular weight is 420 g/mol. The molecule has 1 aliphatic heterocycles. The number of hydrogen-bond acceptors (Lipinski definition) is 6. The van der Waals surface area contributed by atoms with Gasteiger partial charge in [0.25, 0.3) is 0 Å². The van der Waals surface area contributed by atoms with E-state index < -0.39 is 12.6 Å². The number of nitrogens with zero attached hydrogens (tertiary/aromatic N) is 2. The SMILES string of the molecule is O=C(O)COc1ccc(Nc2ccc3c(n2)N(C(=O)Nc2ccccc2)CCO3)cc1. The minimum absolute atomic E-state index is 0.291. The molecule has 158 valence electrons. The number of carbonyl (C=O) groups is 2. The van der Waals surface area contributed by atoms with Gasteiger partial charge < -0.3 is 25.2 Å². The quantitative estimate of drug-likeness (QED) is 0.557. The fourth-order valence-corrected chi connectivity index (χ4v) is 3.00. The predicted octanol–water partition coefficient (Wildman–Crippen LogP) is 3.72. The molecular weight excluding hydrogens is 400 g/mol. The molecule has 0 bridgehead atoms. The molecule has 0 aliphatic carbocycles. The molecule has 0 spiro atoms. The number of carboxylic acids is 1. The third-order valence-electron chi connectivity index (χ3n) is 4.43. The molecule has 0 fully saturated rings. The van der Waals surface area contributed by atoms with Crippen molar-refractivity contribution >= 4 is 35.0 Å². The number of aromatic nitrogens is 1. The highest BCUT2D eigenvalue weighted by atomic mass is 16.5. The third kappa shape index (κ3) is 5.02. The number of pyridine rings is 1. The number of anilines is 4. The Kier molecular flexibility index (Phi) is 5.84. The molecule has 31 heavy (non-hydrogen) atoms. The van der Waals surface area contributed by atoms with E-state index in [0.29, 0.717) is 42.0 Å². The van der Waals surface area contributed by atoms with Crippen LogP contribution < -0.4 is 25.0 Å². The maximum Gasteiger partial charge on any atom is 0.341 e. The second-order valence-corrected chi connectivity index (χ2v) is 6.65.